The van der Waals surface area contributed by atoms with Crippen LogP contribution in [0.5, 0.6) is 0 Å². The van der Waals surface area contributed by atoms with Crippen molar-refractivity contribution in [1.29, 1.82) is 0 Å². The Morgan fingerprint density at radius 2 is 1.93 bits per heavy atom. The lowest BCUT2D eigenvalue weighted by atomic mass is 9.90. The van der Waals surface area contributed by atoms with Crippen molar-refractivity contribution in [3.63, 3.8) is 0 Å². The van der Waals surface area contributed by atoms with E-state index in [1.807, 2.05) is 4.90 Å². The van der Waals surface area contributed by atoms with Gasteiger partial charge in [0.1, 0.15) is 0 Å². The number of rotatable bonds is 0. The molecular formula is C10H17F3N2. The maximum Gasteiger partial charge on any atom is 0.394 e. The topological polar surface area (TPSA) is 15.3 Å². The number of halogens is 3. The third-order valence-corrected chi connectivity index (χ3v) is 3.49. The predicted octanol–water partition coefficient (Wildman–Crippen LogP) is 1.62. The first kappa shape index (κ1) is 11.2. The summed E-state index contributed by atoms with van der Waals surface area (Å²) in [4.78, 5) is 2.02. The maximum absolute atomic E-state index is 12.8. The zero-order valence-electron chi connectivity index (χ0n) is 8.69. The summed E-state index contributed by atoms with van der Waals surface area (Å²) >= 11 is 0. The van der Waals surface area contributed by atoms with E-state index >= 15 is 0 Å². The molecule has 1 N–H and O–H groups in total. The molecular weight excluding hydrogens is 205 g/mol. The van der Waals surface area contributed by atoms with Crippen LogP contribution in [0.1, 0.15) is 19.3 Å². The average Bonchev–Trinajstić information content (AvgIpc) is 2.38. The summed E-state index contributed by atoms with van der Waals surface area (Å²) in [6.07, 6.45) is -1.38. The molecule has 0 spiro atoms. The van der Waals surface area contributed by atoms with Crippen LogP contribution >= 0.6 is 0 Å². The molecule has 2 rings (SSSR count). The van der Waals surface area contributed by atoms with E-state index in [0.29, 0.717) is 13.0 Å². The Kier molecular flexibility index (Phi) is 3.21. The second kappa shape index (κ2) is 4.29. The van der Waals surface area contributed by atoms with Crippen LogP contribution in [0.25, 0.3) is 0 Å². The SMILES string of the molecule is FC(F)(F)C1CNCCN2CCCCC12. The molecule has 5 heteroatoms. The maximum atomic E-state index is 12.8. The molecule has 88 valence electrons. The lowest BCUT2D eigenvalue weighted by Gasteiger charge is -2.38. The molecule has 0 aromatic rings. The van der Waals surface area contributed by atoms with Crippen molar-refractivity contribution < 1.29 is 13.2 Å². The number of nitrogens with zero attached hydrogens (tertiary/aromatic N) is 1. The molecule has 2 atom stereocenters. The molecule has 0 aliphatic carbocycles. The zero-order chi connectivity index (χ0) is 10.9. The van der Waals surface area contributed by atoms with Gasteiger partial charge in [0.05, 0.1) is 5.92 Å². The van der Waals surface area contributed by atoms with Gasteiger partial charge in [-0.3, -0.25) is 4.90 Å². The van der Waals surface area contributed by atoms with Crippen molar-refractivity contribution >= 4 is 0 Å². The van der Waals surface area contributed by atoms with Crippen molar-refractivity contribution in [2.24, 2.45) is 5.92 Å². The Balaban J connectivity index is 2.13. The summed E-state index contributed by atoms with van der Waals surface area (Å²) in [7, 11) is 0. The van der Waals surface area contributed by atoms with Crippen LogP contribution in [-0.4, -0.2) is 43.3 Å². The molecule has 0 aromatic carbocycles. The monoisotopic (exact) mass is 222 g/mol. The Morgan fingerprint density at radius 3 is 2.67 bits per heavy atom. The minimum absolute atomic E-state index is 0.0880. The van der Waals surface area contributed by atoms with Crippen LogP contribution in [0.4, 0.5) is 13.2 Å². The minimum atomic E-state index is -4.06. The predicted molar refractivity (Wildman–Crippen MR) is 51.6 cm³/mol. The van der Waals surface area contributed by atoms with Crippen molar-refractivity contribution in [3.8, 4) is 0 Å². The lowest BCUT2D eigenvalue weighted by Crippen LogP contribution is -2.49. The molecule has 2 saturated heterocycles. The highest BCUT2D eigenvalue weighted by atomic mass is 19.4. The Morgan fingerprint density at radius 1 is 1.13 bits per heavy atom. The van der Waals surface area contributed by atoms with Crippen molar-refractivity contribution in [1.82, 2.24) is 10.2 Å². The van der Waals surface area contributed by atoms with Crippen LogP contribution in [-0.2, 0) is 0 Å². The standard InChI is InChI=1S/C10H17F3N2/c11-10(12,13)8-7-14-4-6-15-5-2-1-3-9(8)15/h8-9,14H,1-7H2. The molecule has 2 aliphatic rings. The van der Waals surface area contributed by atoms with Gasteiger partial charge in [-0.15, -0.1) is 0 Å². The van der Waals surface area contributed by atoms with E-state index in [0.717, 1.165) is 25.9 Å². The number of nitrogens with one attached hydrogen (secondary N) is 1. The highest BCUT2D eigenvalue weighted by Crippen LogP contribution is 2.35. The second-order valence-corrected chi connectivity index (χ2v) is 4.45. The van der Waals surface area contributed by atoms with Crippen molar-refractivity contribution in [3.05, 3.63) is 0 Å². The number of fused-ring (bicyclic) bond motifs is 1. The summed E-state index contributed by atoms with van der Waals surface area (Å²) in [6.45, 7) is 2.36. The molecule has 2 nitrogen and oxygen atoms in total. The highest BCUT2D eigenvalue weighted by Gasteiger charge is 2.47. The first-order valence-electron chi connectivity index (χ1n) is 5.60. The molecule has 0 radical (unpaired) electrons. The molecule has 2 heterocycles. The molecule has 15 heavy (non-hydrogen) atoms. The van der Waals surface area contributed by atoms with E-state index in [1.54, 1.807) is 0 Å². The molecule has 2 fully saturated rings. The van der Waals surface area contributed by atoms with E-state index in [2.05, 4.69) is 5.32 Å². The van der Waals surface area contributed by atoms with Gasteiger partial charge in [-0.1, -0.05) is 6.42 Å². The van der Waals surface area contributed by atoms with Crippen LogP contribution < -0.4 is 5.32 Å². The number of hydrogen-bond acceptors (Lipinski definition) is 2. The van der Waals surface area contributed by atoms with E-state index in [4.69, 9.17) is 0 Å². The Labute approximate surface area is 87.8 Å². The summed E-state index contributed by atoms with van der Waals surface area (Å²) in [5.74, 6) is -1.18. The van der Waals surface area contributed by atoms with Gasteiger partial charge in [-0.25, -0.2) is 0 Å². The first-order chi connectivity index (χ1) is 7.09. The highest BCUT2D eigenvalue weighted by molar-refractivity contribution is 4.90. The number of hydrogen-bond donors (Lipinski definition) is 1. The fraction of sp³-hybridized carbons (Fsp3) is 1.00. The van der Waals surface area contributed by atoms with E-state index in [-0.39, 0.29) is 12.6 Å². The van der Waals surface area contributed by atoms with Gasteiger partial charge >= 0.3 is 6.18 Å². The van der Waals surface area contributed by atoms with E-state index in [1.165, 1.54) is 0 Å². The first-order valence-corrected chi connectivity index (χ1v) is 5.60. The summed E-state index contributed by atoms with van der Waals surface area (Å²) in [6, 6.07) is -0.284. The summed E-state index contributed by atoms with van der Waals surface area (Å²) in [5.41, 5.74) is 0. The fourth-order valence-corrected chi connectivity index (χ4v) is 2.70. The van der Waals surface area contributed by atoms with E-state index in [9.17, 15) is 13.2 Å². The van der Waals surface area contributed by atoms with Gasteiger partial charge in [-0.2, -0.15) is 13.2 Å². The molecule has 0 amide bonds. The van der Waals surface area contributed by atoms with Gasteiger partial charge in [0.2, 0.25) is 0 Å². The summed E-state index contributed by atoms with van der Waals surface area (Å²) < 4.78 is 38.5. The van der Waals surface area contributed by atoms with Crippen LogP contribution in [0, 0.1) is 5.92 Å². The number of alkyl halides is 3. The third-order valence-electron chi connectivity index (χ3n) is 3.49. The summed E-state index contributed by atoms with van der Waals surface area (Å²) in [5, 5.41) is 2.90. The van der Waals surface area contributed by atoms with Gasteiger partial charge in [0.25, 0.3) is 0 Å². The van der Waals surface area contributed by atoms with Crippen LogP contribution in [0.15, 0.2) is 0 Å². The molecule has 2 aliphatic heterocycles. The fourth-order valence-electron chi connectivity index (χ4n) is 2.70. The van der Waals surface area contributed by atoms with Crippen molar-refractivity contribution in [2.45, 2.75) is 31.5 Å². The molecule has 0 saturated carbocycles. The van der Waals surface area contributed by atoms with Gasteiger partial charge < -0.3 is 5.32 Å². The van der Waals surface area contributed by atoms with Crippen molar-refractivity contribution in [2.75, 3.05) is 26.2 Å². The second-order valence-electron chi connectivity index (χ2n) is 4.45. The van der Waals surface area contributed by atoms with Gasteiger partial charge in [0.15, 0.2) is 0 Å². The van der Waals surface area contributed by atoms with Gasteiger partial charge in [-0.05, 0) is 19.4 Å². The van der Waals surface area contributed by atoms with E-state index < -0.39 is 12.1 Å². The van der Waals surface area contributed by atoms with Gasteiger partial charge in [0, 0.05) is 25.7 Å². The quantitative estimate of drug-likeness (QED) is 0.670. The Hall–Kier alpha value is -0.290. The normalized spacial score (nSPS) is 34.6. The molecule has 0 bridgehead atoms. The molecule has 2 unspecified atom stereocenters. The van der Waals surface area contributed by atoms with Crippen LogP contribution in [0.2, 0.25) is 0 Å². The number of piperidine rings is 1. The minimum Gasteiger partial charge on any atom is -0.315 e. The average molecular weight is 222 g/mol. The third kappa shape index (κ3) is 2.45. The molecule has 0 aromatic heterocycles. The lowest BCUT2D eigenvalue weighted by molar-refractivity contribution is -0.190. The smallest absolute Gasteiger partial charge is 0.315 e. The zero-order valence-corrected chi connectivity index (χ0v) is 8.69. The Bertz CT molecular complexity index is 217. The van der Waals surface area contributed by atoms with Crippen LogP contribution in [0.3, 0.4) is 0 Å². The largest absolute Gasteiger partial charge is 0.394 e.